The maximum atomic E-state index is 3.50. The van der Waals surface area contributed by atoms with Crippen LogP contribution in [0.4, 0.5) is 0 Å². The Hall–Kier alpha value is -1.64. The number of rotatable bonds is 3. The van der Waals surface area contributed by atoms with Crippen molar-refractivity contribution < 1.29 is 0 Å². The van der Waals surface area contributed by atoms with E-state index in [2.05, 4.69) is 71.7 Å². The molecule has 0 radical (unpaired) electrons. The van der Waals surface area contributed by atoms with Crippen molar-refractivity contribution in [2.45, 2.75) is 19.4 Å². The molecule has 1 fully saturated rings. The summed E-state index contributed by atoms with van der Waals surface area (Å²) in [5.74, 6) is 0. The predicted molar refractivity (Wildman–Crippen MR) is 88.5 cm³/mol. The smallest absolute Gasteiger partial charge is 0.0602 e. The maximum Gasteiger partial charge on any atom is 0.0602 e. The molecule has 2 heteroatoms. The summed E-state index contributed by atoms with van der Waals surface area (Å²) in [5.41, 5.74) is 4.11. The van der Waals surface area contributed by atoms with Crippen LogP contribution in [-0.2, 0) is 0 Å². The Morgan fingerprint density at radius 3 is 2.33 bits per heavy atom. The molecule has 0 bridgehead atoms. The van der Waals surface area contributed by atoms with E-state index in [9.17, 15) is 0 Å². The molecule has 1 aliphatic rings. The van der Waals surface area contributed by atoms with Crippen LogP contribution in [0.2, 0.25) is 0 Å². The summed E-state index contributed by atoms with van der Waals surface area (Å²) in [6, 6.07) is 20.3. The number of nitrogens with one attached hydrogen (secondary N) is 1. The molecule has 0 saturated carbocycles. The summed E-state index contributed by atoms with van der Waals surface area (Å²) in [5, 5.41) is 3.50. The standard InChI is InChI=1S/C19H24N2/c1-16-8-10-18(11-9-16)19(17-6-3-2-4-7-17)21-14-5-12-20-13-15-21/h2-4,6-11,19-20H,5,12-15H2,1H3. The third kappa shape index (κ3) is 3.52. The first-order chi connectivity index (χ1) is 10.3. The minimum Gasteiger partial charge on any atom is -0.315 e. The molecule has 1 saturated heterocycles. The van der Waals surface area contributed by atoms with E-state index in [4.69, 9.17) is 0 Å². The fraction of sp³-hybridized carbons (Fsp3) is 0.368. The van der Waals surface area contributed by atoms with Crippen LogP contribution in [-0.4, -0.2) is 31.1 Å². The second-order valence-electron chi connectivity index (χ2n) is 5.86. The van der Waals surface area contributed by atoms with Gasteiger partial charge in [0, 0.05) is 19.6 Å². The number of hydrogen-bond acceptors (Lipinski definition) is 2. The molecule has 21 heavy (non-hydrogen) atoms. The zero-order valence-electron chi connectivity index (χ0n) is 12.8. The Kier molecular flexibility index (Phi) is 4.69. The summed E-state index contributed by atoms with van der Waals surface area (Å²) in [7, 11) is 0. The number of benzene rings is 2. The highest BCUT2D eigenvalue weighted by atomic mass is 15.2. The highest BCUT2D eigenvalue weighted by molar-refractivity contribution is 5.33. The Morgan fingerprint density at radius 1 is 0.857 bits per heavy atom. The van der Waals surface area contributed by atoms with Gasteiger partial charge < -0.3 is 5.32 Å². The van der Waals surface area contributed by atoms with E-state index in [0.717, 1.165) is 26.2 Å². The average molecular weight is 280 g/mol. The zero-order valence-corrected chi connectivity index (χ0v) is 12.8. The van der Waals surface area contributed by atoms with Gasteiger partial charge in [0.2, 0.25) is 0 Å². The molecule has 1 N–H and O–H groups in total. The summed E-state index contributed by atoms with van der Waals surface area (Å²) in [4.78, 5) is 2.61. The first-order valence-corrected chi connectivity index (χ1v) is 7.91. The lowest BCUT2D eigenvalue weighted by molar-refractivity contribution is 0.241. The van der Waals surface area contributed by atoms with Gasteiger partial charge in [0.1, 0.15) is 0 Å². The molecule has 1 unspecified atom stereocenters. The van der Waals surface area contributed by atoms with E-state index in [-0.39, 0.29) is 0 Å². The lowest BCUT2D eigenvalue weighted by atomic mass is 9.96. The fourth-order valence-electron chi connectivity index (χ4n) is 3.12. The molecule has 0 spiro atoms. The summed E-state index contributed by atoms with van der Waals surface area (Å²) in [6.45, 7) is 6.62. The van der Waals surface area contributed by atoms with E-state index in [0.29, 0.717) is 6.04 Å². The fourth-order valence-corrected chi connectivity index (χ4v) is 3.12. The first-order valence-electron chi connectivity index (χ1n) is 7.91. The van der Waals surface area contributed by atoms with Gasteiger partial charge in [-0.1, -0.05) is 60.2 Å². The number of hydrogen-bond donors (Lipinski definition) is 1. The van der Waals surface area contributed by atoms with Crippen LogP contribution >= 0.6 is 0 Å². The van der Waals surface area contributed by atoms with E-state index in [1.54, 1.807) is 0 Å². The van der Waals surface area contributed by atoms with Gasteiger partial charge in [-0.05, 0) is 31.0 Å². The minimum atomic E-state index is 0.367. The Balaban J connectivity index is 1.95. The number of aryl methyl sites for hydroxylation is 1. The van der Waals surface area contributed by atoms with Crippen LogP contribution < -0.4 is 5.32 Å². The van der Waals surface area contributed by atoms with Gasteiger partial charge in [-0.2, -0.15) is 0 Å². The SMILES string of the molecule is Cc1ccc(C(c2ccccc2)N2CCCNCC2)cc1. The van der Waals surface area contributed by atoms with E-state index in [1.165, 1.54) is 23.1 Å². The monoisotopic (exact) mass is 280 g/mol. The third-order valence-electron chi connectivity index (χ3n) is 4.25. The Labute approximate surface area is 127 Å². The van der Waals surface area contributed by atoms with Crippen molar-refractivity contribution in [2.75, 3.05) is 26.2 Å². The lowest BCUT2D eigenvalue weighted by Crippen LogP contribution is -2.33. The molecule has 1 heterocycles. The molecule has 2 nitrogen and oxygen atoms in total. The van der Waals surface area contributed by atoms with E-state index < -0.39 is 0 Å². The molecule has 2 aromatic carbocycles. The largest absolute Gasteiger partial charge is 0.315 e. The summed E-state index contributed by atoms with van der Waals surface area (Å²) < 4.78 is 0. The van der Waals surface area contributed by atoms with Crippen molar-refractivity contribution in [3.8, 4) is 0 Å². The predicted octanol–water partition coefficient (Wildman–Crippen LogP) is 3.38. The van der Waals surface area contributed by atoms with Gasteiger partial charge in [0.05, 0.1) is 6.04 Å². The van der Waals surface area contributed by atoms with Gasteiger partial charge in [-0.15, -0.1) is 0 Å². The molecule has 110 valence electrons. The zero-order chi connectivity index (χ0) is 14.5. The van der Waals surface area contributed by atoms with Crippen molar-refractivity contribution in [3.63, 3.8) is 0 Å². The van der Waals surface area contributed by atoms with Gasteiger partial charge >= 0.3 is 0 Å². The highest BCUT2D eigenvalue weighted by Gasteiger charge is 2.22. The van der Waals surface area contributed by atoms with Gasteiger partial charge in [0.15, 0.2) is 0 Å². The van der Waals surface area contributed by atoms with Crippen LogP contribution in [0.15, 0.2) is 54.6 Å². The van der Waals surface area contributed by atoms with Crippen LogP contribution in [0.5, 0.6) is 0 Å². The number of nitrogens with zero attached hydrogens (tertiary/aromatic N) is 1. The molecule has 0 aromatic heterocycles. The topological polar surface area (TPSA) is 15.3 Å². The van der Waals surface area contributed by atoms with Crippen LogP contribution in [0, 0.1) is 6.92 Å². The van der Waals surface area contributed by atoms with Crippen molar-refractivity contribution in [3.05, 3.63) is 71.3 Å². The molecule has 0 aliphatic carbocycles. The molecular weight excluding hydrogens is 256 g/mol. The van der Waals surface area contributed by atoms with E-state index in [1.807, 2.05) is 0 Å². The van der Waals surface area contributed by atoms with Gasteiger partial charge in [-0.3, -0.25) is 4.90 Å². The molecule has 3 rings (SSSR count). The molecule has 1 atom stereocenters. The van der Waals surface area contributed by atoms with Gasteiger partial charge in [-0.25, -0.2) is 0 Å². The first kappa shape index (κ1) is 14.3. The Bertz CT molecular complexity index is 540. The highest BCUT2D eigenvalue weighted by Crippen LogP contribution is 2.29. The summed E-state index contributed by atoms with van der Waals surface area (Å²) >= 11 is 0. The van der Waals surface area contributed by atoms with Crippen molar-refractivity contribution >= 4 is 0 Å². The van der Waals surface area contributed by atoms with Crippen molar-refractivity contribution in [1.82, 2.24) is 10.2 Å². The quantitative estimate of drug-likeness (QED) is 0.927. The van der Waals surface area contributed by atoms with Crippen molar-refractivity contribution in [1.29, 1.82) is 0 Å². The molecule has 1 aliphatic heterocycles. The normalized spacial score (nSPS) is 18.1. The summed E-state index contributed by atoms with van der Waals surface area (Å²) in [6.07, 6.45) is 1.22. The lowest BCUT2D eigenvalue weighted by Gasteiger charge is -2.31. The van der Waals surface area contributed by atoms with Crippen LogP contribution in [0.25, 0.3) is 0 Å². The Morgan fingerprint density at radius 2 is 1.57 bits per heavy atom. The average Bonchev–Trinajstić information content (AvgIpc) is 2.80. The second kappa shape index (κ2) is 6.88. The third-order valence-corrected chi connectivity index (χ3v) is 4.25. The van der Waals surface area contributed by atoms with Gasteiger partial charge in [0.25, 0.3) is 0 Å². The maximum absolute atomic E-state index is 3.50. The van der Waals surface area contributed by atoms with E-state index >= 15 is 0 Å². The minimum absolute atomic E-state index is 0.367. The molecule has 0 amide bonds. The molecular formula is C19H24N2. The second-order valence-corrected chi connectivity index (χ2v) is 5.86. The van der Waals surface area contributed by atoms with Crippen LogP contribution in [0.1, 0.15) is 29.2 Å². The molecule has 2 aromatic rings. The van der Waals surface area contributed by atoms with Crippen molar-refractivity contribution in [2.24, 2.45) is 0 Å². The van der Waals surface area contributed by atoms with Crippen LogP contribution in [0.3, 0.4) is 0 Å².